The lowest BCUT2D eigenvalue weighted by Crippen LogP contribution is -2.44. The van der Waals surface area contributed by atoms with Crippen molar-refractivity contribution in [3.63, 3.8) is 0 Å². The van der Waals surface area contributed by atoms with Gasteiger partial charge >= 0.3 is 0 Å². The topological polar surface area (TPSA) is 65.7 Å². The maximum Gasteiger partial charge on any atom is 0.127 e. The van der Waals surface area contributed by atoms with E-state index >= 15 is 0 Å². The molecule has 0 aliphatic heterocycles. The van der Waals surface area contributed by atoms with Crippen molar-refractivity contribution in [3.8, 4) is 11.5 Å². The second kappa shape index (κ2) is 6.04. The minimum atomic E-state index is -0.503. The van der Waals surface area contributed by atoms with Crippen LogP contribution < -0.4 is 20.7 Å². The van der Waals surface area contributed by atoms with E-state index in [1.165, 1.54) is 0 Å². The zero-order valence-corrected chi connectivity index (χ0v) is 11.6. The van der Waals surface area contributed by atoms with Crippen molar-refractivity contribution in [3.05, 3.63) is 23.8 Å². The van der Waals surface area contributed by atoms with Crippen LogP contribution in [0.3, 0.4) is 0 Å². The van der Waals surface area contributed by atoms with Crippen LogP contribution in [-0.2, 0) is 4.74 Å². The quantitative estimate of drug-likeness (QED) is 0.596. The van der Waals surface area contributed by atoms with Gasteiger partial charge in [0.05, 0.1) is 31.4 Å². The summed E-state index contributed by atoms with van der Waals surface area (Å²) in [5, 5.41) is 0. The first-order valence-electron chi connectivity index (χ1n) is 5.74. The molecule has 18 heavy (non-hydrogen) atoms. The molecule has 5 nitrogen and oxygen atoms in total. The highest BCUT2D eigenvalue weighted by molar-refractivity contribution is 5.48. The summed E-state index contributed by atoms with van der Waals surface area (Å²) in [6.07, 6.45) is 0. The van der Waals surface area contributed by atoms with E-state index < -0.39 is 5.60 Å². The highest BCUT2D eigenvalue weighted by Gasteiger charge is 2.34. The Labute approximate surface area is 108 Å². The SMILES string of the molecule is COc1cccc(OC)c1C(NN)C(C)(C)OC. The number of ether oxygens (including phenoxy) is 3. The van der Waals surface area contributed by atoms with Gasteiger partial charge in [0.15, 0.2) is 0 Å². The van der Waals surface area contributed by atoms with Gasteiger partial charge in [-0.3, -0.25) is 5.84 Å². The van der Waals surface area contributed by atoms with Crippen LogP contribution in [0.1, 0.15) is 25.5 Å². The third kappa shape index (κ3) is 2.75. The third-order valence-electron chi connectivity index (χ3n) is 3.14. The Morgan fingerprint density at radius 1 is 1.11 bits per heavy atom. The Morgan fingerprint density at radius 3 is 1.94 bits per heavy atom. The molecule has 0 radical (unpaired) electrons. The zero-order chi connectivity index (χ0) is 13.8. The van der Waals surface area contributed by atoms with Gasteiger partial charge in [-0.25, -0.2) is 5.43 Å². The Morgan fingerprint density at radius 2 is 1.61 bits per heavy atom. The highest BCUT2D eigenvalue weighted by atomic mass is 16.5. The molecule has 0 fully saturated rings. The molecule has 3 N–H and O–H groups in total. The molecule has 1 atom stereocenters. The van der Waals surface area contributed by atoms with Crippen molar-refractivity contribution in [2.45, 2.75) is 25.5 Å². The number of nitrogens with one attached hydrogen (secondary N) is 1. The summed E-state index contributed by atoms with van der Waals surface area (Å²) < 4.78 is 16.2. The first-order chi connectivity index (χ1) is 8.51. The molecule has 102 valence electrons. The van der Waals surface area contributed by atoms with Crippen molar-refractivity contribution in [1.82, 2.24) is 5.43 Å². The molecule has 1 rings (SSSR count). The molecular weight excluding hydrogens is 232 g/mol. The summed E-state index contributed by atoms with van der Waals surface area (Å²) in [7, 11) is 4.88. The van der Waals surface area contributed by atoms with E-state index in [4.69, 9.17) is 20.1 Å². The minimum Gasteiger partial charge on any atom is -0.496 e. The minimum absolute atomic E-state index is 0.256. The second-order valence-corrected chi connectivity index (χ2v) is 4.48. The second-order valence-electron chi connectivity index (χ2n) is 4.48. The van der Waals surface area contributed by atoms with E-state index in [0.717, 1.165) is 5.56 Å². The molecular formula is C13H22N2O3. The van der Waals surface area contributed by atoms with Crippen LogP contribution >= 0.6 is 0 Å². The van der Waals surface area contributed by atoms with Crippen LogP contribution in [0.25, 0.3) is 0 Å². The Kier molecular flexibility index (Phi) is 4.95. The van der Waals surface area contributed by atoms with Crippen molar-refractivity contribution >= 4 is 0 Å². The van der Waals surface area contributed by atoms with Gasteiger partial charge in [-0.05, 0) is 26.0 Å². The maximum absolute atomic E-state index is 5.67. The van der Waals surface area contributed by atoms with Gasteiger partial charge in [0, 0.05) is 7.11 Å². The van der Waals surface area contributed by atoms with E-state index in [0.29, 0.717) is 11.5 Å². The number of hydrogen-bond acceptors (Lipinski definition) is 5. The van der Waals surface area contributed by atoms with Gasteiger partial charge in [0.2, 0.25) is 0 Å². The molecule has 0 saturated carbocycles. The summed E-state index contributed by atoms with van der Waals surface area (Å²) in [6, 6.07) is 5.35. The fraction of sp³-hybridized carbons (Fsp3) is 0.538. The Balaban J connectivity index is 3.35. The lowest BCUT2D eigenvalue weighted by Gasteiger charge is -2.34. The fourth-order valence-corrected chi connectivity index (χ4v) is 1.91. The lowest BCUT2D eigenvalue weighted by molar-refractivity contribution is -0.0123. The Bertz CT molecular complexity index is 372. The van der Waals surface area contributed by atoms with Crippen molar-refractivity contribution in [2.24, 2.45) is 5.84 Å². The van der Waals surface area contributed by atoms with Crippen LogP contribution in [0.4, 0.5) is 0 Å². The first-order valence-corrected chi connectivity index (χ1v) is 5.74. The number of nitrogens with two attached hydrogens (primary N) is 1. The molecule has 0 bridgehead atoms. The first kappa shape index (κ1) is 14.8. The summed E-state index contributed by atoms with van der Waals surface area (Å²) >= 11 is 0. The average Bonchev–Trinajstić information content (AvgIpc) is 2.39. The molecule has 1 aromatic rings. The molecule has 0 spiro atoms. The molecule has 1 unspecified atom stereocenters. The van der Waals surface area contributed by atoms with E-state index in [1.807, 2.05) is 32.0 Å². The van der Waals surface area contributed by atoms with Crippen LogP contribution in [0.5, 0.6) is 11.5 Å². The van der Waals surface area contributed by atoms with Gasteiger partial charge in [-0.15, -0.1) is 0 Å². The van der Waals surface area contributed by atoms with Crippen molar-refractivity contribution < 1.29 is 14.2 Å². The van der Waals surface area contributed by atoms with Crippen molar-refractivity contribution in [2.75, 3.05) is 21.3 Å². The predicted octanol–water partition coefficient (Wildman–Crippen LogP) is 1.63. The van der Waals surface area contributed by atoms with Gasteiger partial charge in [-0.1, -0.05) is 6.07 Å². The van der Waals surface area contributed by atoms with E-state index in [1.54, 1.807) is 21.3 Å². The average molecular weight is 254 g/mol. The summed E-state index contributed by atoms with van der Waals surface area (Å²) in [6.45, 7) is 3.90. The molecule has 5 heteroatoms. The molecule has 0 aliphatic rings. The largest absolute Gasteiger partial charge is 0.496 e. The summed E-state index contributed by atoms with van der Waals surface area (Å²) in [5.74, 6) is 7.09. The molecule has 0 saturated heterocycles. The van der Waals surface area contributed by atoms with Crippen LogP contribution in [0.2, 0.25) is 0 Å². The number of benzene rings is 1. The monoisotopic (exact) mass is 254 g/mol. The van der Waals surface area contributed by atoms with Gasteiger partial charge in [0.1, 0.15) is 11.5 Å². The van der Waals surface area contributed by atoms with Crippen LogP contribution in [-0.4, -0.2) is 26.9 Å². The number of methoxy groups -OCH3 is 3. The maximum atomic E-state index is 5.67. The standard InChI is InChI=1S/C13H22N2O3/c1-13(2,18-5)12(15-14)11-9(16-3)7-6-8-10(11)17-4/h6-8,12,15H,14H2,1-5H3. The normalized spacial score (nSPS) is 13.2. The van der Waals surface area contributed by atoms with Crippen molar-refractivity contribution in [1.29, 1.82) is 0 Å². The summed E-state index contributed by atoms with van der Waals surface area (Å²) in [4.78, 5) is 0. The van der Waals surface area contributed by atoms with Gasteiger partial charge < -0.3 is 14.2 Å². The molecule has 0 aromatic heterocycles. The van der Waals surface area contributed by atoms with E-state index in [-0.39, 0.29) is 6.04 Å². The van der Waals surface area contributed by atoms with Gasteiger partial charge in [0.25, 0.3) is 0 Å². The smallest absolute Gasteiger partial charge is 0.127 e. The zero-order valence-electron chi connectivity index (χ0n) is 11.6. The van der Waals surface area contributed by atoms with E-state index in [2.05, 4.69) is 5.43 Å². The third-order valence-corrected chi connectivity index (χ3v) is 3.14. The predicted molar refractivity (Wildman–Crippen MR) is 70.7 cm³/mol. The number of rotatable bonds is 6. The lowest BCUT2D eigenvalue weighted by atomic mass is 9.90. The molecule has 0 heterocycles. The summed E-state index contributed by atoms with van der Waals surface area (Å²) in [5.41, 5.74) is 3.11. The van der Waals surface area contributed by atoms with Crippen LogP contribution in [0, 0.1) is 0 Å². The highest BCUT2D eigenvalue weighted by Crippen LogP contribution is 2.39. The number of hydrazine groups is 1. The van der Waals surface area contributed by atoms with Gasteiger partial charge in [-0.2, -0.15) is 0 Å². The number of hydrogen-bond donors (Lipinski definition) is 2. The Hall–Kier alpha value is -1.30. The molecule has 0 aliphatic carbocycles. The van der Waals surface area contributed by atoms with E-state index in [9.17, 15) is 0 Å². The fourth-order valence-electron chi connectivity index (χ4n) is 1.91. The molecule has 0 amide bonds. The molecule has 1 aromatic carbocycles. The van der Waals surface area contributed by atoms with Crippen LogP contribution in [0.15, 0.2) is 18.2 Å².